The molecule has 152 valence electrons. The van der Waals surface area contributed by atoms with E-state index in [9.17, 15) is 4.79 Å². The standard InChI is InChI=1S/C17H29N7O2.HI/c1-23(2)16(25)10-19-17(18-9-14-5-3-4-8-26-14)22-13-6-7-15-20-12-21-24(15)11-13;/h12-14H,3-11H2,1-2H3,(H2,18,19,22);1H. The molecule has 1 amide bonds. The Kier molecular flexibility index (Phi) is 8.74. The summed E-state index contributed by atoms with van der Waals surface area (Å²) in [7, 11) is 3.48. The number of aryl methyl sites for hydroxylation is 1. The number of ether oxygens (including phenoxy) is 1. The van der Waals surface area contributed by atoms with Gasteiger partial charge in [-0.25, -0.2) is 14.7 Å². The van der Waals surface area contributed by atoms with Gasteiger partial charge in [-0.3, -0.25) is 4.79 Å². The van der Waals surface area contributed by atoms with Gasteiger partial charge in [0.1, 0.15) is 18.7 Å². The molecule has 2 atom stereocenters. The minimum absolute atomic E-state index is 0. The summed E-state index contributed by atoms with van der Waals surface area (Å²) in [5.74, 6) is 1.65. The number of carbonyl (C=O) groups is 1. The maximum atomic E-state index is 11.9. The zero-order chi connectivity index (χ0) is 18.4. The van der Waals surface area contributed by atoms with E-state index in [1.54, 1.807) is 25.3 Å². The van der Waals surface area contributed by atoms with E-state index in [1.165, 1.54) is 6.42 Å². The number of likely N-dealkylation sites (N-methyl/N-ethyl adjacent to an activating group) is 1. The Morgan fingerprint density at radius 1 is 1.41 bits per heavy atom. The normalized spacial score (nSPS) is 22.4. The lowest BCUT2D eigenvalue weighted by Gasteiger charge is -2.27. The highest BCUT2D eigenvalue weighted by Crippen LogP contribution is 2.12. The number of nitrogens with one attached hydrogen (secondary N) is 2. The Hall–Kier alpha value is -1.43. The Morgan fingerprint density at radius 3 is 3.00 bits per heavy atom. The number of guanidine groups is 1. The van der Waals surface area contributed by atoms with E-state index in [2.05, 4.69) is 25.7 Å². The molecule has 9 nitrogen and oxygen atoms in total. The molecule has 2 unspecified atom stereocenters. The van der Waals surface area contributed by atoms with Gasteiger partial charge in [0.15, 0.2) is 5.96 Å². The summed E-state index contributed by atoms with van der Waals surface area (Å²) < 4.78 is 7.70. The minimum atomic E-state index is -0.0257. The molecule has 1 aromatic rings. The van der Waals surface area contributed by atoms with Gasteiger partial charge in [-0.1, -0.05) is 0 Å². The highest BCUT2D eigenvalue weighted by Gasteiger charge is 2.21. The van der Waals surface area contributed by atoms with Crippen molar-refractivity contribution in [2.75, 3.05) is 33.8 Å². The van der Waals surface area contributed by atoms with E-state index in [1.807, 2.05) is 4.68 Å². The van der Waals surface area contributed by atoms with E-state index >= 15 is 0 Å². The van der Waals surface area contributed by atoms with Crippen LogP contribution < -0.4 is 10.6 Å². The van der Waals surface area contributed by atoms with Crippen LogP contribution in [0.2, 0.25) is 0 Å². The number of hydrogen-bond donors (Lipinski definition) is 2. The summed E-state index contributed by atoms with van der Waals surface area (Å²) >= 11 is 0. The van der Waals surface area contributed by atoms with Crippen LogP contribution in [0.4, 0.5) is 0 Å². The predicted octanol–water partition coefficient (Wildman–Crippen LogP) is 0.403. The summed E-state index contributed by atoms with van der Waals surface area (Å²) in [5.41, 5.74) is 0. The predicted molar refractivity (Wildman–Crippen MR) is 113 cm³/mol. The number of halogens is 1. The van der Waals surface area contributed by atoms with Gasteiger partial charge in [-0.2, -0.15) is 5.10 Å². The lowest BCUT2D eigenvalue weighted by Crippen LogP contribution is -2.49. The number of aliphatic imine (C=N–C) groups is 1. The van der Waals surface area contributed by atoms with Crippen molar-refractivity contribution in [2.45, 2.75) is 50.8 Å². The molecule has 1 aromatic heterocycles. The molecule has 2 N–H and O–H groups in total. The van der Waals surface area contributed by atoms with Crippen LogP contribution in [0.5, 0.6) is 0 Å². The van der Waals surface area contributed by atoms with Gasteiger partial charge < -0.3 is 20.3 Å². The zero-order valence-electron chi connectivity index (χ0n) is 16.1. The first kappa shape index (κ1) is 21.9. The molecule has 2 aliphatic heterocycles. The average molecular weight is 491 g/mol. The van der Waals surface area contributed by atoms with Gasteiger partial charge in [-0.05, 0) is 25.7 Å². The van der Waals surface area contributed by atoms with E-state index < -0.39 is 0 Å². The van der Waals surface area contributed by atoms with Crippen molar-refractivity contribution in [3.63, 3.8) is 0 Å². The summed E-state index contributed by atoms with van der Waals surface area (Å²) in [6.45, 7) is 2.39. The molecule has 3 rings (SSSR count). The zero-order valence-corrected chi connectivity index (χ0v) is 18.4. The maximum Gasteiger partial charge on any atom is 0.243 e. The Morgan fingerprint density at radius 2 is 2.26 bits per heavy atom. The molecule has 1 fully saturated rings. The molecule has 0 aliphatic carbocycles. The molecule has 0 bridgehead atoms. The lowest BCUT2D eigenvalue weighted by molar-refractivity contribution is -0.127. The van der Waals surface area contributed by atoms with Crippen molar-refractivity contribution >= 4 is 35.8 Å². The van der Waals surface area contributed by atoms with Crippen molar-refractivity contribution in [3.05, 3.63) is 12.2 Å². The Balaban J connectivity index is 0.00000261. The van der Waals surface area contributed by atoms with Gasteiger partial charge >= 0.3 is 0 Å². The van der Waals surface area contributed by atoms with Crippen LogP contribution >= 0.6 is 24.0 Å². The Labute approximate surface area is 177 Å². The second kappa shape index (κ2) is 10.8. The molecule has 3 heterocycles. The first-order valence-electron chi connectivity index (χ1n) is 9.35. The SMILES string of the molecule is CN(C)C(=O)CN=C(NCC1CCCCO1)NC1CCc2ncnn2C1.I. The fourth-order valence-corrected chi connectivity index (χ4v) is 3.17. The first-order chi connectivity index (χ1) is 12.6. The van der Waals surface area contributed by atoms with Crippen molar-refractivity contribution < 1.29 is 9.53 Å². The fourth-order valence-electron chi connectivity index (χ4n) is 3.17. The summed E-state index contributed by atoms with van der Waals surface area (Å²) in [6.07, 6.45) is 7.03. The van der Waals surface area contributed by atoms with Gasteiger partial charge in [-0.15, -0.1) is 24.0 Å². The van der Waals surface area contributed by atoms with Gasteiger partial charge in [0, 0.05) is 39.7 Å². The molecule has 0 radical (unpaired) electrons. The van der Waals surface area contributed by atoms with E-state index in [-0.39, 0.29) is 48.6 Å². The van der Waals surface area contributed by atoms with Gasteiger partial charge in [0.2, 0.25) is 5.91 Å². The van der Waals surface area contributed by atoms with Crippen LogP contribution in [0.1, 0.15) is 31.5 Å². The van der Waals surface area contributed by atoms with Crippen LogP contribution in [0.25, 0.3) is 0 Å². The topological polar surface area (TPSA) is 96.7 Å². The highest BCUT2D eigenvalue weighted by atomic mass is 127. The summed E-state index contributed by atoms with van der Waals surface area (Å²) in [4.78, 5) is 22.2. The molecular formula is C17H30IN7O2. The first-order valence-corrected chi connectivity index (χ1v) is 9.35. The number of fused-ring (bicyclic) bond motifs is 1. The second-order valence-corrected chi connectivity index (χ2v) is 7.06. The Bertz CT molecular complexity index is 629. The third-order valence-electron chi connectivity index (χ3n) is 4.79. The van der Waals surface area contributed by atoms with E-state index in [0.717, 1.165) is 44.7 Å². The van der Waals surface area contributed by atoms with Crippen LogP contribution in [0, 0.1) is 0 Å². The van der Waals surface area contributed by atoms with Crippen molar-refractivity contribution in [3.8, 4) is 0 Å². The van der Waals surface area contributed by atoms with E-state index in [0.29, 0.717) is 12.5 Å². The molecule has 10 heteroatoms. The summed E-state index contributed by atoms with van der Waals surface area (Å²) in [5, 5.41) is 11.0. The highest BCUT2D eigenvalue weighted by molar-refractivity contribution is 14.0. The number of aromatic nitrogens is 3. The van der Waals surface area contributed by atoms with Crippen molar-refractivity contribution in [1.82, 2.24) is 30.3 Å². The maximum absolute atomic E-state index is 11.9. The monoisotopic (exact) mass is 491 g/mol. The van der Waals surface area contributed by atoms with E-state index in [4.69, 9.17) is 4.74 Å². The van der Waals surface area contributed by atoms with Crippen molar-refractivity contribution in [1.29, 1.82) is 0 Å². The van der Waals surface area contributed by atoms with Crippen LogP contribution in [-0.4, -0.2) is 77.5 Å². The molecular weight excluding hydrogens is 461 g/mol. The number of carbonyl (C=O) groups excluding carboxylic acids is 1. The lowest BCUT2D eigenvalue weighted by atomic mass is 10.1. The molecule has 0 aromatic carbocycles. The minimum Gasteiger partial charge on any atom is -0.376 e. The largest absolute Gasteiger partial charge is 0.376 e. The molecule has 0 saturated carbocycles. The molecule has 27 heavy (non-hydrogen) atoms. The number of amides is 1. The quantitative estimate of drug-likeness (QED) is 0.352. The van der Waals surface area contributed by atoms with Crippen LogP contribution in [-0.2, 0) is 22.5 Å². The van der Waals surface area contributed by atoms with Gasteiger partial charge in [0.05, 0.1) is 12.6 Å². The van der Waals surface area contributed by atoms with Crippen LogP contribution in [0.15, 0.2) is 11.3 Å². The van der Waals surface area contributed by atoms with Crippen molar-refractivity contribution in [2.24, 2.45) is 4.99 Å². The van der Waals surface area contributed by atoms with Gasteiger partial charge in [0.25, 0.3) is 0 Å². The molecule has 2 aliphatic rings. The molecule has 0 spiro atoms. The van der Waals surface area contributed by atoms with Crippen LogP contribution in [0.3, 0.4) is 0 Å². The molecule has 1 saturated heterocycles. The third kappa shape index (κ3) is 6.59. The third-order valence-corrected chi connectivity index (χ3v) is 4.79. The average Bonchev–Trinajstić information content (AvgIpc) is 3.12. The number of hydrogen-bond acceptors (Lipinski definition) is 5. The fraction of sp³-hybridized carbons (Fsp3) is 0.765. The number of rotatable bonds is 5. The summed E-state index contributed by atoms with van der Waals surface area (Å²) in [6, 6.07) is 0.206. The number of nitrogens with zero attached hydrogens (tertiary/aromatic N) is 5. The smallest absolute Gasteiger partial charge is 0.243 e. The second-order valence-electron chi connectivity index (χ2n) is 7.06.